The van der Waals surface area contributed by atoms with E-state index in [-0.39, 0.29) is 12.2 Å². The number of pyridine rings is 1. The van der Waals surface area contributed by atoms with Crippen LogP contribution in [0.4, 0.5) is 11.4 Å². The highest BCUT2D eigenvalue weighted by Gasteiger charge is 2.14. The summed E-state index contributed by atoms with van der Waals surface area (Å²) in [5.74, 6) is 0.00775. The molecule has 0 bridgehead atoms. The molecule has 0 fully saturated rings. The van der Waals surface area contributed by atoms with Crippen LogP contribution in [-0.2, 0) is 11.2 Å². The summed E-state index contributed by atoms with van der Waals surface area (Å²) in [6, 6.07) is 16.1. The topological polar surface area (TPSA) is 68.5 Å². The van der Waals surface area contributed by atoms with E-state index < -0.39 is 0 Å². The first-order valence-electron chi connectivity index (χ1n) is 10.5. The van der Waals surface area contributed by atoms with E-state index in [0.29, 0.717) is 17.9 Å². The monoisotopic (exact) mass is 445 g/mol. The predicted molar refractivity (Wildman–Crippen MR) is 134 cm³/mol. The Balaban J connectivity index is 1.59. The van der Waals surface area contributed by atoms with Crippen molar-refractivity contribution in [2.45, 2.75) is 13.3 Å². The zero-order chi connectivity index (χ0) is 22.7. The minimum absolute atomic E-state index is 0.00775. The molecule has 0 amide bonds. The number of methoxy groups -OCH3 is 1. The maximum absolute atomic E-state index is 13.1. The fourth-order valence-corrected chi connectivity index (χ4v) is 4.55. The number of rotatable bonds is 8. The lowest BCUT2D eigenvalue weighted by Crippen LogP contribution is -2.22. The number of hydrogen-bond acceptors (Lipinski definition) is 6. The molecule has 0 atom stereocenters. The zero-order valence-electron chi connectivity index (χ0n) is 18.6. The third-order valence-corrected chi connectivity index (χ3v) is 6.58. The van der Waals surface area contributed by atoms with Crippen molar-refractivity contribution in [2.24, 2.45) is 0 Å². The number of aromatic nitrogens is 1. The van der Waals surface area contributed by atoms with Gasteiger partial charge >= 0.3 is 0 Å². The molecule has 0 aliphatic heterocycles. The summed E-state index contributed by atoms with van der Waals surface area (Å²) in [6.45, 7) is 3.53. The van der Waals surface area contributed by atoms with Crippen LogP contribution in [0.3, 0.4) is 0 Å². The van der Waals surface area contributed by atoms with E-state index in [2.05, 4.69) is 35.0 Å². The molecular weight excluding hydrogens is 418 g/mol. The van der Waals surface area contributed by atoms with Crippen molar-refractivity contribution < 1.29 is 9.53 Å². The number of nitrogen functional groups attached to an aromatic ring is 1. The van der Waals surface area contributed by atoms with Gasteiger partial charge < -0.3 is 15.4 Å². The van der Waals surface area contributed by atoms with Crippen LogP contribution in [0.15, 0.2) is 60.1 Å². The lowest BCUT2D eigenvalue weighted by molar-refractivity contribution is 0.0993. The molecule has 2 aromatic carbocycles. The highest BCUT2D eigenvalue weighted by Crippen LogP contribution is 2.29. The molecule has 0 saturated carbocycles. The number of likely N-dealkylation sites (N-methyl/N-ethyl adjacent to an activating group) is 1. The highest BCUT2D eigenvalue weighted by atomic mass is 32.1. The van der Waals surface area contributed by atoms with E-state index in [4.69, 9.17) is 10.5 Å². The van der Waals surface area contributed by atoms with Gasteiger partial charge in [-0.15, -0.1) is 11.3 Å². The van der Waals surface area contributed by atoms with Crippen molar-refractivity contribution in [3.8, 4) is 10.4 Å². The fraction of sp³-hybridized carbons (Fsp3) is 0.231. The summed E-state index contributed by atoms with van der Waals surface area (Å²) in [6.07, 6.45) is 1.91. The van der Waals surface area contributed by atoms with E-state index >= 15 is 0 Å². The minimum Gasteiger partial charge on any atom is -0.398 e. The number of aryl methyl sites for hydroxylation is 1. The molecule has 0 radical (unpaired) electrons. The van der Waals surface area contributed by atoms with Gasteiger partial charge in [0.1, 0.15) is 0 Å². The third kappa shape index (κ3) is 4.66. The number of nitrogens with two attached hydrogens (primary N) is 1. The minimum atomic E-state index is 0.00775. The quantitative estimate of drug-likeness (QED) is 0.292. The number of ketones is 1. The van der Waals surface area contributed by atoms with Crippen molar-refractivity contribution in [1.29, 1.82) is 0 Å². The van der Waals surface area contributed by atoms with Crippen LogP contribution in [0.2, 0.25) is 0 Å². The molecule has 2 aromatic heterocycles. The molecule has 0 saturated heterocycles. The Hall–Kier alpha value is -3.22. The predicted octanol–water partition coefficient (Wildman–Crippen LogP) is 5.36. The van der Waals surface area contributed by atoms with Crippen molar-refractivity contribution in [3.05, 3.63) is 76.8 Å². The van der Waals surface area contributed by atoms with Crippen LogP contribution in [-0.4, -0.2) is 38.1 Å². The zero-order valence-corrected chi connectivity index (χ0v) is 19.4. The first kappa shape index (κ1) is 22.0. The number of carbonyl (C=O) groups excluding carboxylic acids is 1. The van der Waals surface area contributed by atoms with Gasteiger partial charge in [0.05, 0.1) is 12.1 Å². The summed E-state index contributed by atoms with van der Waals surface area (Å²) < 4.78 is 5.19. The van der Waals surface area contributed by atoms with E-state index in [1.54, 1.807) is 24.6 Å². The second-order valence-corrected chi connectivity index (χ2v) is 8.91. The number of thiophene rings is 1. The van der Waals surface area contributed by atoms with Crippen molar-refractivity contribution in [1.82, 2.24) is 4.98 Å². The molecule has 5 nitrogen and oxygen atoms in total. The second-order valence-electron chi connectivity index (χ2n) is 7.96. The Morgan fingerprint density at radius 1 is 1.19 bits per heavy atom. The molecule has 6 heteroatoms. The molecular formula is C26H27N3O2S. The normalized spacial score (nSPS) is 11.1. The number of carbonyl (C=O) groups is 1. The molecule has 0 unspecified atom stereocenters. The van der Waals surface area contributed by atoms with Gasteiger partial charge in [-0.2, -0.15) is 0 Å². The molecule has 0 aliphatic carbocycles. The van der Waals surface area contributed by atoms with Gasteiger partial charge in [-0.05, 0) is 65.4 Å². The Kier molecular flexibility index (Phi) is 6.53. The van der Waals surface area contributed by atoms with E-state index in [1.165, 1.54) is 0 Å². The van der Waals surface area contributed by atoms with Gasteiger partial charge in [-0.1, -0.05) is 12.1 Å². The number of benzene rings is 2. The SMILES string of the molecule is COCCN(C)c1cc2ncc(C(=O)Cc3cc(-c4cccs4)ccc3N)cc2cc1C. The van der Waals surface area contributed by atoms with Crippen LogP contribution < -0.4 is 10.6 Å². The lowest BCUT2D eigenvalue weighted by atomic mass is 9.99. The van der Waals surface area contributed by atoms with Crippen LogP contribution in [0.25, 0.3) is 21.3 Å². The number of Topliss-reactive ketones (excluding diaryl/α,β-unsaturated/α-hetero) is 1. The Labute approximate surface area is 192 Å². The van der Waals surface area contributed by atoms with Gasteiger partial charge in [-0.3, -0.25) is 9.78 Å². The molecule has 32 heavy (non-hydrogen) atoms. The van der Waals surface area contributed by atoms with E-state index in [1.807, 2.05) is 42.8 Å². The van der Waals surface area contributed by atoms with Gasteiger partial charge in [0.25, 0.3) is 0 Å². The highest BCUT2D eigenvalue weighted by molar-refractivity contribution is 7.13. The number of fused-ring (bicyclic) bond motifs is 1. The molecule has 4 aromatic rings. The third-order valence-electron chi connectivity index (χ3n) is 5.66. The Bertz CT molecular complexity index is 1250. The average molecular weight is 446 g/mol. The summed E-state index contributed by atoms with van der Waals surface area (Å²) in [5.41, 5.74) is 12.4. The standard InChI is InChI=1S/C26H27N3O2S/c1-17-11-20-13-21(16-28-23(20)15-24(17)29(2)8-9-31-3)25(30)14-19-12-18(6-7-22(19)27)26-5-4-10-32-26/h4-7,10-13,15-16H,8-9,14,27H2,1-3H3. The van der Waals surface area contributed by atoms with Crippen LogP contribution in [0.5, 0.6) is 0 Å². The second kappa shape index (κ2) is 9.51. The van der Waals surface area contributed by atoms with Crippen LogP contribution in [0.1, 0.15) is 21.5 Å². The van der Waals surface area contributed by atoms with E-state index in [0.717, 1.165) is 44.7 Å². The lowest BCUT2D eigenvalue weighted by Gasteiger charge is -2.21. The number of hydrogen-bond donors (Lipinski definition) is 1. The van der Waals surface area contributed by atoms with Gasteiger partial charge in [-0.25, -0.2) is 0 Å². The first-order valence-corrected chi connectivity index (χ1v) is 11.4. The number of ether oxygens (including phenoxy) is 1. The van der Waals surface area contributed by atoms with Crippen LogP contribution in [0, 0.1) is 6.92 Å². The van der Waals surface area contributed by atoms with Gasteiger partial charge in [0.15, 0.2) is 5.78 Å². The summed E-state index contributed by atoms with van der Waals surface area (Å²) >= 11 is 1.67. The smallest absolute Gasteiger partial charge is 0.168 e. The van der Waals surface area contributed by atoms with Gasteiger partial charge in [0.2, 0.25) is 0 Å². The van der Waals surface area contributed by atoms with Crippen LogP contribution >= 0.6 is 11.3 Å². The fourth-order valence-electron chi connectivity index (χ4n) is 3.82. The first-order chi connectivity index (χ1) is 15.5. The Morgan fingerprint density at radius 3 is 2.78 bits per heavy atom. The number of anilines is 2. The van der Waals surface area contributed by atoms with Crippen molar-refractivity contribution >= 4 is 39.4 Å². The molecule has 0 aliphatic rings. The Morgan fingerprint density at radius 2 is 2.03 bits per heavy atom. The molecule has 164 valence electrons. The molecule has 0 spiro atoms. The average Bonchev–Trinajstić information content (AvgIpc) is 3.33. The van der Waals surface area contributed by atoms with Gasteiger partial charge in [0, 0.05) is 60.5 Å². The molecule has 4 rings (SSSR count). The molecule has 2 N–H and O–H groups in total. The maximum atomic E-state index is 13.1. The van der Waals surface area contributed by atoms with Crippen molar-refractivity contribution in [2.75, 3.05) is 37.9 Å². The summed E-state index contributed by atoms with van der Waals surface area (Å²) in [4.78, 5) is 21.0. The maximum Gasteiger partial charge on any atom is 0.168 e. The molecule has 2 heterocycles. The van der Waals surface area contributed by atoms with E-state index in [9.17, 15) is 4.79 Å². The van der Waals surface area contributed by atoms with Crippen molar-refractivity contribution in [3.63, 3.8) is 0 Å². The number of nitrogens with zero attached hydrogens (tertiary/aromatic N) is 2. The summed E-state index contributed by atoms with van der Waals surface area (Å²) in [7, 11) is 3.74. The summed E-state index contributed by atoms with van der Waals surface area (Å²) in [5, 5.41) is 3.00. The largest absolute Gasteiger partial charge is 0.398 e.